The lowest BCUT2D eigenvalue weighted by molar-refractivity contribution is 0.670. The Morgan fingerprint density at radius 2 is 0.844 bits per heavy atom. The van der Waals surface area contributed by atoms with Crippen LogP contribution in [-0.2, 0) is 0 Å². The SMILES string of the molecule is Cc1cccc(-c2ccc3c4ccc(-c5cccc(C)c5)cc4n(-c4ccc(-c5cccc6c5oc5ccccc56)cc4-c4nc(-c5ccccc5)nc(-c5ccccc5)n4)c3c2)c1. The van der Waals surface area contributed by atoms with Crippen molar-refractivity contribution in [3.8, 4) is 73.2 Å². The Morgan fingerprint density at radius 1 is 0.344 bits per heavy atom. The van der Waals surface area contributed by atoms with Crippen LogP contribution < -0.4 is 0 Å². The van der Waals surface area contributed by atoms with Crippen LogP contribution >= 0.6 is 0 Å². The molecule has 3 aromatic heterocycles. The summed E-state index contributed by atoms with van der Waals surface area (Å²) in [5.74, 6) is 1.78. The van der Waals surface area contributed by atoms with Gasteiger partial charge < -0.3 is 8.98 Å². The van der Waals surface area contributed by atoms with Crippen LogP contribution in [0.2, 0.25) is 0 Å². The summed E-state index contributed by atoms with van der Waals surface area (Å²) in [6.07, 6.45) is 0. The summed E-state index contributed by atoms with van der Waals surface area (Å²) in [5.41, 5.74) is 16.6. The minimum atomic E-state index is 0.570. The van der Waals surface area contributed by atoms with Crippen molar-refractivity contribution in [3.63, 3.8) is 0 Å². The van der Waals surface area contributed by atoms with Crippen LogP contribution in [0.25, 0.3) is 117 Å². The molecule has 3 heterocycles. The first-order chi connectivity index (χ1) is 31.5. The zero-order valence-corrected chi connectivity index (χ0v) is 35.3. The van der Waals surface area contributed by atoms with Crippen LogP contribution in [0.1, 0.15) is 11.1 Å². The summed E-state index contributed by atoms with van der Waals surface area (Å²) in [6, 6.07) is 72.8. The third kappa shape index (κ3) is 6.45. The highest BCUT2D eigenvalue weighted by atomic mass is 16.3. The molecule has 0 unspecified atom stereocenters. The molecule has 0 radical (unpaired) electrons. The Balaban J connectivity index is 1.19. The number of para-hydroxylation sites is 2. The van der Waals surface area contributed by atoms with Gasteiger partial charge in [-0.25, -0.2) is 15.0 Å². The second-order valence-corrected chi connectivity index (χ2v) is 16.6. The molecule has 0 saturated carbocycles. The van der Waals surface area contributed by atoms with Gasteiger partial charge in [-0.3, -0.25) is 0 Å². The van der Waals surface area contributed by atoms with Gasteiger partial charge in [-0.05, 0) is 72.0 Å². The summed E-state index contributed by atoms with van der Waals surface area (Å²) in [6.45, 7) is 4.29. The van der Waals surface area contributed by atoms with Gasteiger partial charge in [0.1, 0.15) is 11.2 Å². The molecule has 0 aliphatic heterocycles. The summed E-state index contributed by atoms with van der Waals surface area (Å²) in [5, 5.41) is 4.49. The van der Waals surface area contributed by atoms with E-state index in [-0.39, 0.29) is 0 Å². The lowest BCUT2D eigenvalue weighted by Crippen LogP contribution is -2.04. The maximum Gasteiger partial charge on any atom is 0.166 e. The van der Waals surface area contributed by atoms with E-state index in [1.54, 1.807) is 0 Å². The number of furan rings is 1. The van der Waals surface area contributed by atoms with Gasteiger partial charge in [0.25, 0.3) is 0 Å². The monoisotopic (exact) mass is 820 g/mol. The topological polar surface area (TPSA) is 56.7 Å². The minimum Gasteiger partial charge on any atom is -0.455 e. The summed E-state index contributed by atoms with van der Waals surface area (Å²) in [4.78, 5) is 15.8. The van der Waals surface area contributed by atoms with Crippen molar-refractivity contribution in [2.45, 2.75) is 13.8 Å². The molecule has 12 aromatic rings. The molecule has 0 saturated heterocycles. The number of fused-ring (bicyclic) bond motifs is 6. The number of benzene rings is 9. The quantitative estimate of drug-likeness (QED) is 0.161. The van der Waals surface area contributed by atoms with Crippen LogP contribution in [0.3, 0.4) is 0 Å². The molecule has 5 nitrogen and oxygen atoms in total. The predicted molar refractivity (Wildman–Crippen MR) is 264 cm³/mol. The smallest absolute Gasteiger partial charge is 0.166 e. The highest BCUT2D eigenvalue weighted by Crippen LogP contribution is 2.43. The van der Waals surface area contributed by atoms with Crippen molar-refractivity contribution in [1.29, 1.82) is 0 Å². The fourth-order valence-corrected chi connectivity index (χ4v) is 9.27. The Bertz CT molecular complexity index is 3590. The third-order valence-corrected chi connectivity index (χ3v) is 12.4. The van der Waals surface area contributed by atoms with Crippen LogP contribution in [0.4, 0.5) is 0 Å². The van der Waals surface area contributed by atoms with Crippen molar-refractivity contribution in [2.24, 2.45) is 0 Å². The Kier molecular flexibility index (Phi) is 8.87. The maximum atomic E-state index is 6.64. The molecule has 9 aromatic carbocycles. The fraction of sp³-hybridized carbons (Fsp3) is 0.0339. The van der Waals surface area contributed by atoms with Crippen LogP contribution in [0.5, 0.6) is 0 Å². The van der Waals surface area contributed by atoms with Crippen molar-refractivity contribution < 1.29 is 4.42 Å². The predicted octanol–water partition coefficient (Wildman–Crippen LogP) is 15.5. The fourth-order valence-electron chi connectivity index (χ4n) is 9.27. The number of rotatable bonds is 7. The van der Waals surface area contributed by atoms with E-state index in [0.29, 0.717) is 17.5 Å². The average molecular weight is 821 g/mol. The zero-order valence-electron chi connectivity index (χ0n) is 35.3. The second kappa shape index (κ2) is 15.2. The van der Waals surface area contributed by atoms with E-state index in [1.807, 2.05) is 48.5 Å². The van der Waals surface area contributed by atoms with Crippen molar-refractivity contribution >= 4 is 43.7 Å². The first-order valence-corrected chi connectivity index (χ1v) is 21.7. The lowest BCUT2D eigenvalue weighted by Gasteiger charge is -2.17. The standard InChI is InChI=1S/C59H40N4O/c1-37-14-11-20-41(32-37)43-26-29-47-48-30-27-44(42-21-12-15-38(2)33-42)36-54(48)63(53(47)35-43)52-31-28-45(46-23-13-24-50-49-22-9-10-25-55(49)64-56(46)50)34-51(52)59-61-57(39-16-5-3-6-17-39)60-58(62-59)40-18-7-4-8-19-40/h3-36H,1-2H3. The van der Waals surface area contributed by atoms with Crippen LogP contribution in [0.15, 0.2) is 211 Å². The molecule has 302 valence electrons. The highest BCUT2D eigenvalue weighted by molar-refractivity contribution is 6.12. The molecule has 0 atom stereocenters. The maximum absolute atomic E-state index is 6.64. The van der Waals surface area contributed by atoms with Crippen LogP contribution in [-0.4, -0.2) is 19.5 Å². The van der Waals surface area contributed by atoms with E-state index < -0.39 is 0 Å². The van der Waals surface area contributed by atoms with Gasteiger partial charge in [-0.15, -0.1) is 0 Å². The van der Waals surface area contributed by atoms with E-state index >= 15 is 0 Å². The van der Waals surface area contributed by atoms with Gasteiger partial charge in [0, 0.05) is 43.8 Å². The van der Waals surface area contributed by atoms with Gasteiger partial charge in [0.15, 0.2) is 17.5 Å². The number of hydrogen-bond donors (Lipinski definition) is 0. The Morgan fingerprint density at radius 3 is 1.45 bits per heavy atom. The summed E-state index contributed by atoms with van der Waals surface area (Å²) < 4.78 is 9.05. The number of hydrogen-bond acceptors (Lipinski definition) is 4. The minimum absolute atomic E-state index is 0.570. The first-order valence-electron chi connectivity index (χ1n) is 21.7. The molecule has 5 heteroatoms. The van der Waals surface area contributed by atoms with E-state index in [4.69, 9.17) is 19.4 Å². The number of aromatic nitrogens is 4. The van der Waals surface area contributed by atoms with Crippen LogP contribution in [0, 0.1) is 13.8 Å². The molecular formula is C59H40N4O. The van der Waals surface area contributed by atoms with Crippen molar-refractivity contribution in [1.82, 2.24) is 19.5 Å². The van der Waals surface area contributed by atoms with Gasteiger partial charge in [0.05, 0.1) is 16.7 Å². The first kappa shape index (κ1) is 37.4. The van der Waals surface area contributed by atoms with E-state index in [0.717, 1.165) is 88.4 Å². The van der Waals surface area contributed by atoms with Gasteiger partial charge in [0.2, 0.25) is 0 Å². The van der Waals surface area contributed by atoms with Gasteiger partial charge in [-0.2, -0.15) is 0 Å². The molecular weight excluding hydrogens is 781 g/mol. The Hall–Kier alpha value is -8.41. The highest BCUT2D eigenvalue weighted by Gasteiger charge is 2.22. The third-order valence-electron chi connectivity index (χ3n) is 12.4. The number of aryl methyl sites for hydroxylation is 2. The number of nitrogens with zero attached hydrogens (tertiary/aromatic N) is 4. The molecule has 64 heavy (non-hydrogen) atoms. The second-order valence-electron chi connectivity index (χ2n) is 16.6. The largest absolute Gasteiger partial charge is 0.455 e. The molecule has 12 rings (SSSR count). The van der Waals surface area contributed by atoms with E-state index in [1.165, 1.54) is 22.3 Å². The molecule has 0 aliphatic rings. The van der Waals surface area contributed by atoms with Gasteiger partial charge in [-0.1, -0.05) is 187 Å². The zero-order chi connectivity index (χ0) is 42.7. The molecule has 0 N–H and O–H groups in total. The average Bonchev–Trinajstić information content (AvgIpc) is 3.89. The summed E-state index contributed by atoms with van der Waals surface area (Å²) in [7, 11) is 0. The Labute approximate surface area is 370 Å². The lowest BCUT2D eigenvalue weighted by atomic mass is 9.98. The molecule has 0 spiro atoms. The summed E-state index contributed by atoms with van der Waals surface area (Å²) >= 11 is 0. The molecule has 0 fully saturated rings. The van der Waals surface area contributed by atoms with E-state index in [2.05, 4.69) is 176 Å². The van der Waals surface area contributed by atoms with Crippen molar-refractivity contribution in [2.75, 3.05) is 0 Å². The van der Waals surface area contributed by atoms with Crippen molar-refractivity contribution in [3.05, 3.63) is 217 Å². The normalized spacial score (nSPS) is 11.6. The molecule has 0 amide bonds. The van der Waals surface area contributed by atoms with E-state index in [9.17, 15) is 0 Å². The molecule has 0 bridgehead atoms. The molecule has 0 aliphatic carbocycles. The van der Waals surface area contributed by atoms with Gasteiger partial charge >= 0.3 is 0 Å².